The summed E-state index contributed by atoms with van der Waals surface area (Å²) in [6.07, 6.45) is 1.55. The molecule has 26 heavy (non-hydrogen) atoms. The maximum Gasteiger partial charge on any atom is 0.340 e. The van der Waals surface area contributed by atoms with Crippen molar-refractivity contribution in [3.05, 3.63) is 58.5 Å². The van der Waals surface area contributed by atoms with Gasteiger partial charge in [-0.2, -0.15) is 5.26 Å². The largest absolute Gasteiger partial charge is 0.452 e. The highest BCUT2D eigenvalue weighted by atomic mass is 35.5. The molecular weight excluding hydrogens is 358 g/mol. The number of pyridine rings is 1. The van der Waals surface area contributed by atoms with E-state index < -0.39 is 18.5 Å². The summed E-state index contributed by atoms with van der Waals surface area (Å²) in [5, 5.41) is 19.4. The first kappa shape index (κ1) is 17.4. The van der Waals surface area contributed by atoms with Crippen LogP contribution in [0.4, 0.5) is 5.69 Å². The Kier molecular flexibility index (Phi) is 4.82. The molecule has 0 spiro atoms. The average Bonchev–Trinajstić information content (AvgIpc) is 3.00. The molecule has 0 fully saturated rings. The van der Waals surface area contributed by atoms with E-state index in [1.807, 2.05) is 6.07 Å². The van der Waals surface area contributed by atoms with E-state index in [1.165, 1.54) is 18.2 Å². The van der Waals surface area contributed by atoms with E-state index >= 15 is 0 Å². The molecule has 0 radical (unpaired) electrons. The van der Waals surface area contributed by atoms with Crippen LogP contribution < -0.4 is 5.32 Å². The Morgan fingerprint density at radius 1 is 1.31 bits per heavy atom. The molecule has 1 amide bonds. The zero-order valence-electron chi connectivity index (χ0n) is 13.6. The van der Waals surface area contributed by atoms with Crippen LogP contribution in [-0.4, -0.2) is 33.1 Å². The number of rotatable bonds is 4. The van der Waals surface area contributed by atoms with Gasteiger partial charge in [-0.1, -0.05) is 11.6 Å². The predicted molar refractivity (Wildman–Crippen MR) is 92.8 cm³/mol. The fraction of sp³-hybridized carbons (Fsp3) is 0.118. The van der Waals surface area contributed by atoms with Crippen molar-refractivity contribution in [1.29, 1.82) is 5.26 Å². The molecular formula is C17H12ClN5O3. The molecule has 0 aliphatic heterocycles. The fourth-order valence-corrected chi connectivity index (χ4v) is 2.44. The van der Waals surface area contributed by atoms with Gasteiger partial charge in [-0.15, -0.1) is 10.2 Å². The molecule has 8 nitrogen and oxygen atoms in total. The highest BCUT2D eigenvalue weighted by Crippen LogP contribution is 2.20. The van der Waals surface area contributed by atoms with Gasteiger partial charge in [-0.25, -0.2) is 4.79 Å². The Bertz CT molecular complexity index is 1050. The van der Waals surface area contributed by atoms with Crippen LogP contribution in [0.2, 0.25) is 5.02 Å². The van der Waals surface area contributed by atoms with Gasteiger partial charge >= 0.3 is 5.97 Å². The molecule has 0 atom stereocenters. The quantitative estimate of drug-likeness (QED) is 0.707. The van der Waals surface area contributed by atoms with E-state index in [9.17, 15) is 9.59 Å². The molecule has 2 aromatic heterocycles. The van der Waals surface area contributed by atoms with Crippen LogP contribution in [0, 0.1) is 18.3 Å². The highest BCUT2D eigenvalue weighted by molar-refractivity contribution is 6.32. The molecule has 0 aliphatic carbocycles. The third-order valence-corrected chi connectivity index (χ3v) is 3.83. The van der Waals surface area contributed by atoms with Crippen molar-refractivity contribution in [3.8, 4) is 6.07 Å². The van der Waals surface area contributed by atoms with Crippen molar-refractivity contribution in [2.45, 2.75) is 6.92 Å². The van der Waals surface area contributed by atoms with Gasteiger partial charge in [-0.05, 0) is 37.3 Å². The Morgan fingerprint density at radius 2 is 2.12 bits per heavy atom. The Hall–Kier alpha value is -3.44. The number of nitrogens with one attached hydrogen (secondary N) is 1. The molecule has 0 bridgehead atoms. The van der Waals surface area contributed by atoms with Gasteiger partial charge in [-0.3, -0.25) is 9.20 Å². The summed E-state index contributed by atoms with van der Waals surface area (Å²) in [5.41, 5.74) is 1.58. The SMILES string of the molecule is Cc1nnc2ccc(C(=O)OCC(=O)Nc3ccc(C#N)c(Cl)c3)cn12. The summed E-state index contributed by atoms with van der Waals surface area (Å²) in [4.78, 5) is 24.0. The molecule has 1 N–H and O–H groups in total. The second kappa shape index (κ2) is 7.21. The van der Waals surface area contributed by atoms with Gasteiger partial charge in [0.2, 0.25) is 0 Å². The predicted octanol–water partition coefficient (Wildman–Crippen LogP) is 2.36. The van der Waals surface area contributed by atoms with E-state index in [2.05, 4.69) is 15.5 Å². The van der Waals surface area contributed by atoms with Crippen LogP contribution in [0.5, 0.6) is 0 Å². The first-order valence-electron chi connectivity index (χ1n) is 7.46. The first-order chi connectivity index (χ1) is 12.5. The minimum atomic E-state index is -0.645. The molecule has 0 unspecified atom stereocenters. The number of fused-ring (bicyclic) bond motifs is 1. The van der Waals surface area contributed by atoms with Crippen LogP contribution in [0.3, 0.4) is 0 Å². The fourth-order valence-electron chi connectivity index (χ4n) is 2.22. The number of hydrogen-bond donors (Lipinski definition) is 1. The van der Waals surface area contributed by atoms with Gasteiger partial charge in [0.25, 0.3) is 5.91 Å². The highest BCUT2D eigenvalue weighted by Gasteiger charge is 2.13. The molecule has 0 saturated carbocycles. The summed E-state index contributed by atoms with van der Waals surface area (Å²) in [7, 11) is 0. The number of benzene rings is 1. The third-order valence-electron chi connectivity index (χ3n) is 3.52. The van der Waals surface area contributed by atoms with Crippen molar-refractivity contribution in [2.24, 2.45) is 0 Å². The van der Waals surface area contributed by atoms with Crippen LogP contribution >= 0.6 is 11.6 Å². The maximum atomic E-state index is 12.1. The Labute approximate surface area is 153 Å². The second-order valence-corrected chi connectivity index (χ2v) is 5.73. The van der Waals surface area contributed by atoms with Gasteiger partial charge in [0.1, 0.15) is 11.9 Å². The zero-order chi connectivity index (χ0) is 18.7. The summed E-state index contributed by atoms with van der Waals surface area (Å²) in [6.45, 7) is 1.29. The van der Waals surface area contributed by atoms with Gasteiger partial charge in [0.15, 0.2) is 12.3 Å². The minimum absolute atomic E-state index is 0.222. The monoisotopic (exact) mass is 369 g/mol. The topological polar surface area (TPSA) is 109 Å². The van der Waals surface area contributed by atoms with Crippen LogP contribution in [0.25, 0.3) is 5.65 Å². The number of amides is 1. The number of halogens is 1. The van der Waals surface area contributed by atoms with E-state index in [-0.39, 0.29) is 10.6 Å². The molecule has 9 heteroatoms. The number of esters is 1. The number of aryl methyl sites for hydroxylation is 1. The van der Waals surface area contributed by atoms with Gasteiger partial charge in [0.05, 0.1) is 16.1 Å². The van der Waals surface area contributed by atoms with E-state index in [1.54, 1.807) is 29.7 Å². The normalized spacial score (nSPS) is 10.3. The summed E-state index contributed by atoms with van der Waals surface area (Å²) >= 11 is 5.90. The van der Waals surface area contributed by atoms with Crippen LogP contribution in [0.1, 0.15) is 21.7 Å². The number of nitriles is 1. The van der Waals surface area contributed by atoms with Crippen LogP contribution in [-0.2, 0) is 9.53 Å². The van der Waals surface area contributed by atoms with Crippen molar-refractivity contribution in [3.63, 3.8) is 0 Å². The summed E-state index contributed by atoms with van der Waals surface area (Å²) in [6, 6.07) is 9.57. The Morgan fingerprint density at radius 3 is 2.85 bits per heavy atom. The van der Waals surface area contributed by atoms with Crippen molar-refractivity contribution in [1.82, 2.24) is 14.6 Å². The zero-order valence-corrected chi connectivity index (χ0v) is 14.3. The standard InChI is InChI=1S/C17H12ClN5O3/c1-10-21-22-15-5-3-12(8-23(10)15)17(25)26-9-16(24)20-13-4-2-11(7-19)14(18)6-13/h2-6,8H,9H2,1H3,(H,20,24). The van der Waals surface area contributed by atoms with Crippen LogP contribution in [0.15, 0.2) is 36.5 Å². The summed E-state index contributed by atoms with van der Waals surface area (Å²) in [5.74, 6) is -0.543. The lowest BCUT2D eigenvalue weighted by molar-refractivity contribution is -0.119. The maximum absolute atomic E-state index is 12.1. The number of hydrogen-bond acceptors (Lipinski definition) is 6. The molecule has 1 aromatic carbocycles. The number of carbonyl (C=O) groups excluding carboxylic acids is 2. The molecule has 130 valence electrons. The van der Waals surface area contributed by atoms with Crippen molar-refractivity contribution in [2.75, 3.05) is 11.9 Å². The van der Waals surface area contributed by atoms with E-state index in [4.69, 9.17) is 21.6 Å². The lowest BCUT2D eigenvalue weighted by Crippen LogP contribution is -2.21. The minimum Gasteiger partial charge on any atom is -0.452 e. The van der Waals surface area contributed by atoms with Gasteiger partial charge in [0, 0.05) is 11.9 Å². The second-order valence-electron chi connectivity index (χ2n) is 5.32. The average molecular weight is 370 g/mol. The molecule has 2 heterocycles. The van der Waals surface area contributed by atoms with E-state index in [0.717, 1.165) is 0 Å². The smallest absolute Gasteiger partial charge is 0.340 e. The lowest BCUT2D eigenvalue weighted by atomic mass is 10.2. The number of carbonyl (C=O) groups is 2. The van der Waals surface area contributed by atoms with Crippen molar-refractivity contribution >= 4 is 34.8 Å². The van der Waals surface area contributed by atoms with Gasteiger partial charge < -0.3 is 10.1 Å². The van der Waals surface area contributed by atoms with Crippen molar-refractivity contribution < 1.29 is 14.3 Å². The number of ether oxygens (including phenoxy) is 1. The molecule has 0 aliphatic rings. The van der Waals surface area contributed by atoms with E-state index in [0.29, 0.717) is 22.7 Å². The molecule has 0 saturated heterocycles. The Balaban J connectivity index is 1.61. The summed E-state index contributed by atoms with van der Waals surface area (Å²) < 4.78 is 6.66. The number of anilines is 1. The number of aromatic nitrogens is 3. The molecule has 3 rings (SSSR count). The third kappa shape index (κ3) is 3.63. The first-order valence-corrected chi connectivity index (χ1v) is 7.84. The molecule has 3 aromatic rings. The lowest BCUT2D eigenvalue weighted by Gasteiger charge is -2.08. The number of nitrogens with zero attached hydrogens (tertiary/aromatic N) is 4.